The summed E-state index contributed by atoms with van der Waals surface area (Å²) in [5.41, 5.74) is 2.47. The highest BCUT2D eigenvalue weighted by atomic mass is 19.2. The van der Waals surface area contributed by atoms with Gasteiger partial charge in [-0.2, -0.15) is 0 Å². The van der Waals surface area contributed by atoms with Gasteiger partial charge in [-0.05, 0) is 49.1 Å². The summed E-state index contributed by atoms with van der Waals surface area (Å²) in [5, 5.41) is 0. The van der Waals surface area contributed by atoms with Gasteiger partial charge in [-0.3, -0.25) is 0 Å². The molecule has 0 bridgehead atoms. The first-order valence-corrected chi connectivity index (χ1v) is 11.7. The van der Waals surface area contributed by atoms with Crippen LogP contribution in [-0.2, 0) is 14.2 Å². The molecule has 2 rings (SSSR count). The van der Waals surface area contributed by atoms with E-state index in [0.29, 0.717) is 5.56 Å². The summed E-state index contributed by atoms with van der Waals surface area (Å²) in [7, 11) is 3.21. The van der Waals surface area contributed by atoms with Crippen LogP contribution in [0.4, 0.5) is 8.78 Å². The van der Waals surface area contributed by atoms with Crippen LogP contribution >= 0.6 is 0 Å². The van der Waals surface area contributed by atoms with Crippen molar-refractivity contribution in [1.29, 1.82) is 0 Å². The second kappa shape index (κ2) is 13.0. The van der Waals surface area contributed by atoms with Crippen LogP contribution < -0.4 is 0 Å². The van der Waals surface area contributed by atoms with Gasteiger partial charge in [-0.1, -0.05) is 75.8 Å². The minimum Gasteiger partial charge on any atom is -0.330 e. The Morgan fingerprint density at radius 1 is 0.781 bits per heavy atom. The molecule has 0 aliphatic carbocycles. The molecule has 2 aromatic rings. The van der Waals surface area contributed by atoms with E-state index in [1.165, 1.54) is 31.7 Å². The van der Waals surface area contributed by atoms with E-state index < -0.39 is 17.6 Å². The Morgan fingerprint density at radius 2 is 1.38 bits per heavy atom. The van der Waals surface area contributed by atoms with Crippen molar-refractivity contribution in [3.05, 3.63) is 59.7 Å². The highest BCUT2D eigenvalue weighted by Crippen LogP contribution is 2.39. The zero-order valence-electron chi connectivity index (χ0n) is 20.1. The summed E-state index contributed by atoms with van der Waals surface area (Å²) in [6.07, 6.45) is 7.93. The lowest BCUT2D eigenvalue weighted by atomic mass is 9.89. The van der Waals surface area contributed by atoms with Gasteiger partial charge in [-0.15, -0.1) is 0 Å². The van der Waals surface area contributed by atoms with Crippen molar-refractivity contribution < 1.29 is 23.0 Å². The van der Waals surface area contributed by atoms with Gasteiger partial charge in [-0.25, -0.2) is 8.78 Å². The van der Waals surface area contributed by atoms with Gasteiger partial charge < -0.3 is 14.2 Å². The van der Waals surface area contributed by atoms with Gasteiger partial charge in [0.2, 0.25) is 0 Å². The fourth-order valence-electron chi connectivity index (χ4n) is 4.13. The quantitative estimate of drug-likeness (QED) is 0.218. The highest BCUT2D eigenvalue weighted by Gasteiger charge is 2.42. The fraction of sp³-hybridized carbons (Fsp3) is 0.556. The van der Waals surface area contributed by atoms with Crippen LogP contribution in [0.3, 0.4) is 0 Å². The van der Waals surface area contributed by atoms with E-state index in [1.54, 1.807) is 20.3 Å². The molecule has 0 saturated carbocycles. The van der Waals surface area contributed by atoms with Crippen molar-refractivity contribution in [2.45, 2.75) is 83.7 Å². The lowest BCUT2D eigenvalue weighted by Crippen LogP contribution is -2.45. The summed E-state index contributed by atoms with van der Waals surface area (Å²) in [6, 6.07) is 11.8. The summed E-state index contributed by atoms with van der Waals surface area (Å²) in [6.45, 7) is 6.14. The van der Waals surface area contributed by atoms with E-state index in [4.69, 9.17) is 14.2 Å². The Morgan fingerprint density at radius 3 is 1.94 bits per heavy atom. The second-order valence-corrected chi connectivity index (χ2v) is 8.54. The molecule has 0 aliphatic heterocycles. The predicted octanol–water partition coefficient (Wildman–Crippen LogP) is 7.84. The van der Waals surface area contributed by atoms with E-state index in [0.717, 1.165) is 36.5 Å². The standard InChI is InChI=1S/C27H38F2O3/c1-6-7-8-9-10-11-12-24(27(30-4,31-5)32-20(2)3)22-15-13-21(14-16-22)23-17-18-25(28)26(29)19-23/h13-20,24H,6-12H2,1-5H3. The van der Waals surface area contributed by atoms with Gasteiger partial charge in [0.1, 0.15) is 0 Å². The Kier molecular flexibility index (Phi) is 10.8. The van der Waals surface area contributed by atoms with Gasteiger partial charge in [0.05, 0.1) is 12.0 Å². The van der Waals surface area contributed by atoms with Crippen LogP contribution in [0.2, 0.25) is 0 Å². The maximum atomic E-state index is 13.7. The number of hydrogen-bond donors (Lipinski definition) is 0. The number of hydrogen-bond acceptors (Lipinski definition) is 3. The number of methoxy groups -OCH3 is 2. The lowest BCUT2D eigenvalue weighted by Gasteiger charge is -2.39. The molecule has 5 heteroatoms. The molecule has 0 spiro atoms. The fourth-order valence-corrected chi connectivity index (χ4v) is 4.13. The monoisotopic (exact) mass is 448 g/mol. The molecule has 0 aliphatic rings. The summed E-state index contributed by atoms with van der Waals surface area (Å²) >= 11 is 0. The zero-order chi connectivity index (χ0) is 23.6. The van der Waals surface area contributed by atoms with Gasteiger partial charge >= 0.3 is 0 Å². The minimum atomic E-state index is -1.19. The topological polar surface area (TPSA) is 27.7 Å². The Labute approximate surface area is 192 Å². The van der Waals surface area contributed by atoms with E-state index in [9.17, 15) is 8.78 Å². The first kappa shape index (κ1) is 26.4. The number of ether oxygens (including phenoxy) is 3. The lowest BCUT2D eigenvalue weighted by molar-refractivity contribution is -0.385. The SMILES string of the molecule is CCCCCCCCC(c1ccc(-c2ccc(F)c(F)c2)cc1)C(OC)(OC)OC(C)C. The second-order valence-electron chi connectivity index (χ2n) is 8.54. The molecule has 0 amide bonds. The van der Waals surface area contributed by atoms with E-state index in [2.05, 4.69) is 6.92 Å². The number of rotatable bonds is 14. The Bertz CT molecular complexity index is 801. The molecule has 2 aromatic carbocycles. The largest absolute Gasteiger partial charge is 0.330 e. The third-order valence-corrected chi connectivity index (χ3v) is 5.81. The molecule has 0 heterocycles. The molecule has 0 aromatic heterocycles. The highest BCUT2D eigenvalue weighted by molar-refractivity contribution is 5.63. The molecule has 1 atom stereocenters. The van der Waals surface area contributed by atoms with Crippen LogP contribution in [-0.4, -0.2) is 26.3 Å². The zero-order valence-corrected chi connectivity index (χ0v) is 20.1. The van der Waals surface area contributed by atoms with E-state index in [-0.39, 0.29) is 12.0 Å². The van der Waals surface area contributed by atoms with Crippen molar-refractivity contribution in [2.24, 2.45) is 0 Å². The van der Waals surface area contributed by atoms with Crippen molar-refractivity contribution in [1.82, 2.24) is 0 Å². The third kappa shape index (κ3) is 7.09. The van der Waals surface area contributed by atoms with Crippen molar-refractivity contribution >= 4 is 0 Å². The molecule has 3 nitrogen and oxygen atoms in total. The molecular weight excluding hydrogens is 410 g/mol. The summed E-state index contributed by atoms with van der Waals surface area (Å²) in [5.74, 6) is -3.03. The molecule has 178 valence electrons. The first-order chi connectivity index (χ1) is 15.4. The van der Waals surface area contributed by atoms with Crippen LogP contribution in [0.25, 0.3) is 11.1 Å². The Hall–Kier alpha value is -1.82. The van der Waals surface area contributed by atoms with Gasteiger partial charge in [0.15, 0.2) is 11.6 Å². The van der Waals surface area contributed by atoms with Gasteiger partial charge in [0, 0.05) is 14.2 Å². The third-order valence-electron chi connectivity index (χ3n) is 5.81. The number of halogens is 2. The first-order valence-electron chi connectivity index (χ1n) is 11.7. The van der Waals surface area contributed by atoms with Crippen LogP contribution in [0.5, 0.6) is 0 Å². The molecule has 0 saturated heterocycles. The summed E-state index contributed by atoms with van der Waals surface area (Å²) < 4.78 is 44.8. The van der Waals surface area contributed by atoms with Crippen LogP contribution in [0.15, 0.2) is 42.5 Å². The number of benzene rings is 2. The molecule has 0 N–H and O–H groups in total. The molecule has 0 radical (unpaired) electrons. The van der Waals surface area contributed by atoms with E-state index >= 15 is 0 Å². The Balaban J connectivity index is 2.27. The molecule has 0 fully saturated rings. The minimum absolute atomic E-state index is 0.0802. The van der Waals surface area contributed by atoms with Crippen molar-refractivity contribution in [3.8, 4) is 11.1 Å². The predicted molar refractivity (Wildman–Crippen MR) is 125 cm³/mol. The molecule has 32 heavy (non-hydrogen) atoms. The average Bonchev–Trinajstić information content (AvgIpc) is 2.79. The smallest absolute Gasteiger partial charge is 0.289 e. The van der Waals surface area contributed by atoms with Gasteiger partial charge in [0.25, 0.3) is 5.97 Å². The average molecular weight is 449 g/mol. The maximum absolute atomic E-state index is 13.7. The van der Waals surface area contributed by atoms with Crippen LogP contribution in [0.1, 0.15) is 77.2 Å². The van der Waals surface area contributed by atoms with Crippen molar-refractivity contribution in [2.75, 3.05) is 14.2 Å². The number of unbranched alkanes of at least 4 members (excludes halogenated alkanes) is 5. The van der Waals surface area contributed by atoms with Crippen molar-refractivity contribution in [3.63, 3.8) is 0 Å². The molecular formula is C27H38F2O3. The summed E-state index contributed by atoms with van der Waals surface area (Å²) in [4.78, 5) is 0. The molecule has 1 unspecified atom stereocenters. The van der Waals surface area contributed by atoms with Crippen LogP contribution in [0, 0.1) is 11.6 Å². The maximum Gasteiger partial charge on any atom is 0.289 e. The van der Waals surface area contributed by atoms with E-state index in [1.807, 2.05) is 38.1 Å². The normalized spacial score (nSPS) is 13.0.